The molecule has 0 N–H and O–H groups in total. The summed E-state index contributed by atoms with van der Waals surface area (Å²) in [7, 11) is 0. The van der Waals surface area contributed by atoms with E-state index in [1.807, 2.05) is 33.8 Å². The lowest BCUT2D eigenvalue weighted by Crippen LogP contribution is -2.43. The van der Waals surface area contributed by atoms with E-state index in [0.29, 0.717) is 17.1 Å². The number of furan rings is 1. The maximum absolute atomic E-state index is 12.7. The van der Waals surface area contributed by atoms with Crippen molar-refractivity contribution in [2.45, 2.75) is 46.0 Å². The average Bonchev–Trinajstić information content (AvgIpc) is 3.36. The molecule has 0 spiro atoms. The molecule has 7 heteroatoms. The Hall–Kier alpha value is -2.54. The number of amides is 1. The molecule has 2 atom stereocenters. The molecule has 1 aromatic carbocycles. The second-order valence-electron chi connectivity index (χ2n) is 7.29. The number of hydrogen-bond acceptors (Lipinski definition) is 6. The predicted molar refractivity (Wildman–Crippen MR) is 111 cm³/mol. The number of ketones is 1. The Labute approximate surface area is 174 Å². The Balaban J connectivity index is 1.71. The second-order valence-corrected chi connectivity index (χ2v) is 8.40. The number of hydrogen-bond donors (Lipinski definition) is 0. The predicted octanol–water partition coefficient (Wildman–Crippen LogP) is 3.90. The summed E-state index contributed by atoms with van der Waals surface area (Å²) in [6.45, 7) is 8.93. The fraction of sp³-hybridized carbons (Fsp3) is 0.409. The van der Waals surface area contributed by atoms with Crippen molar-refractivity contribution in [3.05, 3.63) is 58.0 Å². The van der Waals surface area contributed by atoms with Crippen molar-refractivity contribution in [3.8, 4) is 0 Å². The van der Waals surface area contributed by atoms with Crippen LogP contribution in [0.25, 0.3) is 0 Å². The van der Waals surface area contributed by atoms with Crippen molar-refractivity contribution in [3.63, 3.8) is 0 Å². The third-order valence-corrected chi connectivity index (χ3v) is 6.83. The van der Waals surface area contributed by atoms with Crippen LogP contribution in [0.1, 0.15) is 50.7 Å². The van der Waals surface area contributed by atoms with E-state index in [1.165, 1.54) is 29.8 Å². The molecule has 1 aliphatic heterocycles. The van der Waals surface area contributed by atoms with Crippen LogP contribution in [-0.4, -0.2) is 41.0 Å². The van der Waals surface area contributed by atoms with E-state index in [9.17, 15) is 14.4 Å². The fourth-order valence-electron chi connectivity index (χ4n) is 3.54. The number of Topliss-reactive ketones (excluding diaryl/α,β-unsaturated/α-hetero) is 1. The van der Waals surface area contributed by atoms with Gasteiger partial charge in [-0.25, -0.2) is 4.79 Å². The third-order valence-electron chi connectivity index (χ3n) is 5.55. The first kappa shape index (κ1) is 21.2. The molecule has 0 saturated carbocycles. The summed E-state index contributed by atoms with van der Waals surface area (Å²) < 4.78 is 10.7. The first-order valence-electron chi connectivity index (χ1n) is 9.43. The maximum atomic E-state index is 12.7. The van der Waals surface area contributed by atoms with Crippen LogP contribution in [0.15, 0.2) is 28.9 Å². The number of carbonyl (C=O) groups is 3. The Kier molecular flexibility index (Phi) is 6.17. The average molecular weight is 416 g/mol. The van der Waals surface area contributed by atoms with Gasteiger partial charge in [-0.05, 0) is 68.1 Å². The number of ether oxygens (including phenoxy) is 1. The summed E-state index contributed by atoms with van der Waals surface area (Å²) in [5.74, 6) is -0.0687. The van der Waals surface area contributed by atoms with Crippen LogP contribution in [0.4, 0.5) is 0 Å². The molecule has 6 nitrogen and oxygen atoms in total. The molecule has 154 valence electrons. The van der Waals surface area contributed by atoms with E-state index in [-0.39, 0.29) is 23.7 Å². The van der Waals surface area contributed by atoms with Crippen molar-refractivity contribution in [2.75, 3.05) is 12.4 Å². The number of benzene rings is 1. The van der Waals surface area contributed by atoms with Gasteiger partial charge in [0, 0.05) is 18.2 Å². The Morgan fingerprint density at radius 3 is 2.52 bits per heavy atom. The topological polar surface area (TPSA) is 76.8 Å². The van der Waals surface area contributed by atoms with Crippen molar-refractivity contribution >= 4 is 29.4 Å². The number of rotatable bonds is 5. The molecule has 29 heavy (non-hydrogen) atoms. The Morgan fingerprint density at radius 1 is 1.17 bits per heavy atom. The van der Waals surface area contributed by atoms with Crippen LogP contribution in [0.3, 0.4) is 0 Å². The molecule has 3 rings (SSSR count). The van der Waals surface area contributed by atoms with E-state index in [0.717, 1.165) is 22.3 Å². The summed E-state index contributed by atoms with van der Waals surface area (Å²) in [5, 5.41) is -0.375. The highest BCUT2D eigenvalue weighted by molar-refractivity contribution is 7.99. The molecular weight excluding hydrogens is 390 g/mol. The molecule has 1 fully saturated rings. The van der Waals surface area contributed by atoms with E-state index in [4.69, 9.17) is 9.15 Å². The number of carbonyl (C=O) groups excluding carboxylic acids is 3. The van der Waals surface area contributed by atoms with Crippen LogP contribution in [0.2, 0.25) is 0 Å². The molecule has 1 aromatic heterocycles. The first-order chi connectivity index (χ1) is 13.7. The normalized spacial score (nSPS) is 18.7. The van der Waals surface area contributed by atoms with Gasteiger partial charge in [-0.3, -0.25) is 9.59 Å². The molecule has 0 aliphatic carbocycles. The molecule has 2 heterocycles. The van der Waals surface area contributed by atoms with Crippen molar-refractivity contribution < 1.29 is 23.5 Å². The minimum absolute atomic E-state index is 0.245. The van der Waals surface area contributed by atoms with E-state index >= 15 is 0 Å². The van der Waals surface area contributed by atoms with Crippen molar-refractivity contribution in [2.24, 2.45) is 0 Å². The van der Waals surface area contributed by atoms with Gasteiger partial charge in [0.1, 0.15) is 17.2 Å². The molecule has 1 amide bonds. The van der Waals surface area contributed by atoms with E-state index < -0.39 is 12.0 Å². The molecule has 0 unspecified atom stereocenters. The van der Waals surface area contributed by atoms with Crippen LogP contribution >= 0.6 is 11.8 Å². The number of esters is 1. The molecule has 2 aromatic rings. The van der Waals surface area contributed by atoms with Crippen molar-refractivity contribution in [1.29, 1.82) is 0 Å². The molecule has 0 bridgehead atoms. The Bertz CT molecular complexity index is 951. The van der Waals surface area contributed by atoms with Crippen LogP contribution < -0.4 is 0 Å². The zero-order valence-corrected chi connectivity index (χ0v) is 18.1. The van der Waals surface area contributed by atoms with Gasteiger partial charge in [-0.1, -0.05) is 0 Å². The fourth-order valence-corrected chi connectivity index (χ4v) is 4.95. The summed E-state index contributed by atoms with van der Waals surface area (Å²) >= 11 is 1.44. The monoisotopic (exact) mass is 415 g/mol. The van der Waals surface area contributed by atoms with Gasteiger partial charge in [0.25, 0.3) is 0 Å². The van der Waals surface area contributed by atoms with Crippen LogP contribution in [0, 0.1) is 27.7 Å². The quantitative estimate of drug-likeness (QED) is 0.544. The van der Waals surface area contributed by atoms with Gasteiger partial charge >= 0.3 is 5.97 Å². The number of aryl methyl sites for hydroxylation is 1. The smallest absolute Gasteiger partial charge is 0.330 e. The lowest BCUT2D eigenvalue weighted by atomic mass is 9.93. The van der Waals surface area contributed by atoms with E-state index in [2.05, 4.69) is 0 Å². The SMILES string of the molecule is CC(=O)N1[C@H](C(=O)OCC(=O)c2cc(C)c(C)c(C)c2C)CS[C@H]1c1ccco1. The van der Waals surface area contributed by atoms with Gasteiger partial charge in [0.2, 0.25) is 11.7 Å². The lowest BCUT2D eigenvalue weighted by molar-refractivity contribution is -0.152. The van der Waals surface area contributed by atoms with Gasteiger partial charge in [-0.2, -0.15) is 0 Å². The third kappa shape index (κ3) is 4.10. The summed E-state index contributed by atoms with van der Waals surface area (Å²) in [6.07, 6.45) is 1.53. The number of thioether (sulfide) groups is 1. The van der Waals surface area contributed by atoms with Crippen LogP contribution in [-0.2, 0) is 14.3 Å². The number of nitrogens with zero attached hydrogens (tertiary/aromatic N) is 1. The molecule has 1 saturated heterocycles. The highest BCUT2D eigenvalue weighted by Gasteiger charge is 2.43. The van der Waals surface area contributed by atoms with Gasteiger partial charge in [0.15, 0.2) is 6.61 Å². The van der Waals surface area contributed by atoms with Crippen LogP contribution in [0.5, 0.6) is 0 Å². The zero-order valence-electron chi connectivity index (χ0n) is 17.3. The molecule has 0 radical (unpaired) electrons. The van der Waals surface area contributed by atoms with Crippen molar-refractivity contribution in [1.82, 2.24) is 4.90 Å². The lowest BCUT2D eigenvalue weighted by Gasteiger charge is -2.25. The zero-order chi connectivity index (χ0) is 21.3. The maximum Gasteiger partial charge on any atom is 0.330 e. The minimum atomic E-state index is -0.747. The molecule has 1 aliphatic rings. The second kappa shape index (κ2) is 8.45. The van der Waals surface area contributed by atoms with E-state index in [1.54, 1.807) is 12.1 Å². The van der Waals surface area contributed by atoms with Gasteiger partial charge in [0.05, 0.1) is 6.26 Å². The highest BCUT2D eigenvalue weighted by atomic mass is 32.2. The first-order valence-corrected chi connectivity index (χ1v) is 10.5. The van der Waals surface area contributed by atoms with Gasteiger partial charge in [-0.15, -0.1) is 11.8 Å². The summed E-state index contributed by atoms with van der Waals surface area (Å²) in [4.78, 5) is 39.0. The largest absolute Gasteiger partial charge is 0.466 e. The van der Waals surface area contributed by atoms with Gasteiger partial charge < -0.3 is 14.1 Å². The highest BCUT2D eigenvalue weighted by Crippen LogP contribution is 2.41. The summed E-state index contributed by atoms with van der Waals surface area (Å²) in [5.41, 5.74) is 4.71. The minimum Gasteiger partial charge on any atom is -0.466 e. The summed E-state index contributed by atoms with van der Waals surface area (Å²) in [6, 6.07) is 4.61. The standard InChI is InChI=1S/C22H25NO5S/c1-12-9-17(15(4)14(3)13(12)2)19(25)10-28-22(26)18-11-29-21(23(18)16(5)24)20-7-6-8-27-20/h6-9,18,21H,10-11H2,1-5H3/t18-,21-/m0/s1. The molecular formula is C22H25NO5S. The Morgan fingerprint density at radius 2 is 1.90 bits per heavy atom.